The lowest BCUT2D eigenvalue weighted by Gasteiger charge is -2.12. The van der Waals surface area contributed by atoms with E-state index in [1.807, 2.05) is 19.1 Å². The lowest BCUT2D eigenvalue weighted by atomic mass is 10.1. The van der Waals surface area contributed by atoms with Crippen LogP contribution in [0.4, 0.5) is 0 Å². The Balaban J connectivity index is 2.15. The number of halogens is 2. The number of aryl methyl sites for hydroxylation is 1. The number of nitrogens with two attached hydrogens (primary N) is 1. The molecular formula is C15H15Cl2NO. The smallest absolute Gasteiger partial charge is 0.156 e. The van der Waals surface area contributed by atoms with Crippen molar-refractivity contribution in [2.45, 2.75) is 20.1 Å². The molecule has 0 fully saturated rings. The Bertz CT molecular complexity index is 564. The van der Waals surface area contributed by atoms with Gasteiger partial charge in [0.05, 0.1) is 10.0 Å². The number of benzene rings is 2. The quantitative estimate of drug-likeness (QED) is 0.911. The fourth-order valence-corrected chi connectivity index (χ4v) is 2.32. The summed E-state index contributed by atoms with van der Waals surface area (Å²) in [5, 5.41) is 1.03. The summed E-state index contributed by atoms with van der Waals surface area (Å²) in [5.74, 6) is 0.521. The zero-order valence-corrected chi connectivity index (χ0v) is 12.1. The van der Waals surface area contributed by atoms with Crippen molar-refractivity contribution < 1.29 is 4.74 Å². The van der Waals surface area contributed by atoms with Crippen molar-refractivity contribution in [3.63, 3.8) is 0 Å². The van der Waals surface area contributed by atoms with E-state index in [4.69, 9.17) is 33.7 Å². The predicted octanol–water partition coefficient (Wildman–Crippen LogP) is 4.34. The van der Waals surface area contributed by atoms with E-state index in [2.05, 4.69) is 6.07 Å². The molecule has 0 radical (unpaired) electrons. The average Bonchev–Trinajstić information content (AvgIpc) is 2.39. The maximum atomic E-state index is 6.06. The highest BCUT2D eigenvalue weighted by molar-refractivity contribution is 6.37. The molecule has 0 aliphatic heterocycles. The third-order valence-corrected chi connectivity index (χ3v) is 3.53. The zero-order valence-electron chi connectivity index (χ0n) is 10.6. The van der Waals surface area contributed by atoms with Crippen LogP contribution in [-0.2, 0) is 13.2 Å². The minimum atomic E-state index is 0.431. The van der Waals surface area contributed by atoms with Crippen LogP contribution in [0.15, 0.2) is 36.4 Å². The van der Waals surface area contributed by atoms with E-state index in [0.29, 0.717) is 28.9 Å². The second-order valence-corrected chi connectivity index (χ2v) is 5.12. The van der Waals surface area contributed by atoms with Gasteiger partial charge in [-0.1, -0.05) is 47.5 Å². The SMILES string of the molecule is Cc1cc(CN)ccc1COc1c(Cl)cccc1Cl. The highest BCUT2D eigenvalue weighted by Gasteiger charge is 2.08. The molecule has 2 aromatic rings. The molecule has 0 heterocycles. The zero-order chi connectivity index (χ0) is 13.8. The molecule has 0 aromatic heterocycles. The first-order valence-corrected chi connectivity index (χ1v) is 6.72. The van der Waals surface area contributed by atoms with E-state index in [1.165, 1.54) is 0 Å². The standard InChI is InChI=1S/C15H15Cl2NO/c1-10-7-11(8-18)5-6-12(10)9-19-15-13(16)3-2-4-14(15)17/h2-7H,8-9,18H2,1H3. The second kappa shape index (κ2) is 6.29. The van der Waals surface area contributed by atoms with E-state index in [0.717, 1.165) is 16.7 Å². The highest BCUT2D eigenvalue weighted by atomic mass is 35.5. The van der Waals surface area contributed by atoms with Crippen LogP contribution in [0.1, 0.15) is 16.7 Å². The molecule has 2 nitrogen and oxygen atoms in total. The van der Waals surface area contributed by atoms with Crippen molar-refractivity contribution in [2.75, 3.05) is 0 Å². The topological polar surface area (TPSA) is 35.2 Å². The van der Waals surface area contributed by atoms with Gasteiger partial charge in [-0.2, -0.15) is 0 Å². The largest absolute Gasteiger partial charge is 0.486 e. The van der Waals surface area contributed by atoms with Crippen molar-refractivity contribution >= 4 is 23.2 Å². The number of hydrogen-bond acceptors (Lipinski definition) is 2. The molecule has 0 atom stereocenters. The number of para-hydroxylation sites is 1. The summed E-state index contributed by atoms with van der Waals surface area (Å²) in [5.41, 5.74) is 8.95. The average molecular weight is 296 g/mol. The van der Waals surface area contributed by atoms with E-state index in [9.17, 15) is 0 Å². The molecule has 0 unspecified atom stereocenters. The van der Waals surface area contributed by atoms with E-state index < -0.39 is 0 Å². The maximum Gasteiger partial charge on any atom is 0.156 e. The van der Waals surface area contributed by atoms with Gasteiger partial charge in [-0.25, -0.2) is 0 Å². The summed E-state index contributed by atoms with van der Waals surface area (Å²) in [6.45, 7) is 3.00. The number of ether oxygens (including phenoxy) is 1. The molecule has 4 heteroatoms. The lowest BCUT2D eigenvalue weighted by Crippen LogP contribution is -2.02. The summed E-state index contributed by atoms with van der Waals surface area (Å²) in [4.78, 5) is 0. The van der Waals surface area contributed by atoms with E-state index in [-0.39, 0.29) is 0 Å². The fraction of sp³-hybridized carbons (Fsp3) is 0.200. The molecule has 0 spiro atoms. The Morgan fingerprint density at radius 2 is 1.79 bits per heavy atom. The summed E-state index contributed by atoms with van der Waals surface area (Å²) in [6.07, 6.45) is 0. The minimum Gasteiger partial charge on any atom is -0.486 e. The summed E-state index contributed by atoms with van der Waals surface area (Å²) in [7, 11) is 0. The highest BCUT2D eigenvalue weighted by Crippen LogP contribution is 2.33. The molecule has 0 aliphatic carbocycles. The molecular weight excluding hydrogens is 281 g/mol. The van der Waals surface area contributed by atoms with Crippen LogP contribution in [0.5, 0.6) is 5.75 Å². The van der Waals surface area contributed by atoms with Crippen LogP contribution in [0.2, 0.25) is 10.0 Å². The first kappa shape index (κ1) is 14.2. The van der Waals surface area contributed by atoms with Crippen LogP contribution in [0, 0.1) is 6.92 Å². The molecule has 0 amide bonds. The van der Waals surface area contributed by atoms with Crippen molar-refractivity contribution in [2.24, 2.45) is 5.73 Å². The van der Waals surface area contributed by atoms with Gasteiger partial charge in [-0.3, -0.25) is 0 Å². The van der Waals surface area contributed by atoms with Crippen molar-refractivity contribution in [1.29, 1.82) is 0 Å². The molecule has 0 bridgehead atoms. The molecule has 19 heavy (non-hydrogen) atoms. The summed E-state index contributed by atoms with van der Waals surface area (Å²) >= 11 is 12.1. The third-order valence-electron chi connectivity index (χ3n) is 2.93. The van der Waals surface area contributed by atoms with Crippen LogP contribution >= 0.6 is 23.2 Å². The Morgan fingerprint density at radius 1 is 1.11 bits per heavy atom. The Kier molecular flexibility index (Phi) is 4.70. The first-order valence-electron chi connectivity index (χ1n) is 5.97. The van der Waals surface area contributed by atoms with Crippen LogP contribution in [0.25, 0.3) is 0 Å². The predicted molar refractivity (Wildman–Crippen MR) is 79.9 cm³/mol. The Labute approximate surface area is 123 Å². The van der Waals surface area contributed by atoms with Crippen molar-refractivity contribution in [3.8, 4) is 5.75 Å². The molecule has 0 saturated carbocycles. The van der Waals surface area contributed by atoms with Gasteiger partial charge in [-0.05, 0) is 35.7 Å². The van der Waals surface area contributed by atoms with E-state index >= 15 is 0 Å². The fourth-order valence-electron chi connectivity index (χ4n) is 1.82. The molecule has 2 N–H and O–H groups in total. The maximum absolute atomic E-state index is 6.06. The normalized spacial score (nSPS) is 10.5. The molecule has 0 aliphatic rings. The van der Waals surface area contributed by atoms with E-state index in [1.54, 1.807) is 18.2 Å². The molecule has 100 valence electrons. The van der Waals surface area contributed by atoms with Crippen molar-refractivity contribution in [1.82, 2.24) is 0 Å². The van der Waals surface area contributed by atoms with Crippen LogP contribution in [0.3, 0.4) is 0 Å². The van der Waals surface area contributed by atoms with Gasteiger partial charge in [-0.15, -0.1) is 0 Å². The van der Waals surface area contributed by atoms with Gasteiger partial charge in [0.25, 0.3) is 0 Å². The van der Waals surface area contributed by atoms with Crippen LogP contribution in [-0.4, -0.2) is 0 Å². The molecule has 2 aromatic carbocycles. The van der Waals surface area contributed by atoms with Gasteiger partial charge in [0, 0.05) is 6.54 Å². The Morgan fingerprint density at radius 3 is 2.37 bits per heavy atom. The van der Waals surface area contributed by atoms with Gasteiger partial charge in [0.1, 0.15) is 6.61 Å². The van der Waals surface area contributed by atoms with Crippen LogP contribution < -0.4 is 10.5 Å². The Hall–Kier alpha value is -1.22. The summed E-state index contributed by atoms with van der Waals surface area (Å²) in [6, 6.07) is 11.4. The molecule has 0 saturated heterocycles. The van der Waals surface area contributed by atoms with Gasteiger partial charge in [0.2, 0.25) is 0 Å². The lowest BCUT2D eigenvalue weighted by molar-refractivity contribution is 0.306. The third kappa shape index (κ3) is 3.41. The van der Waals surface area contributed by atoms with Gasteiger partial charge in [0.15, 0.2) is 5.75 Å². The van der Waals surface area contributed by atoms with Gasteiger partial charge >= 0.3 is 0 Å². The second-order valence-electron chi connectivity index (χ2n) is 4.30. The molecule has 2 rings (SSSR count). The summed E-state index contributed by atoms with van der Waals surface area (Å²) < 4.78 is 5.71. The monoisotopic (exact) mass is 295 g/mol. The number of rotatable bonds is 4. The van der Waals surface area contributed by atoms with Crippen molar-refractivity contribution in [3.05, 3.63) is 63.1 Å². The minimum absolute atomic E-state index is 0.431. The van der Waals surface area contributed by atoms with Gasteiger partial charge < -0.3 is 10.5 Å². The number of hydrogen-bond donors (Lipinski definition) is 1. The first-order chi connectivity index (χ1) is 9.11.